The number of thioether (sulfide) groups is 1. The van der Waals surface area contributed by atoms with Crippen LogP contribution in [0.1, 0.15) is 43.0 Å². The van der Waals surface area contributed by atoms with Crippen LogP contribution in [0.15, 0.2) is 5.03 Å². The van der Waals surface area contributed by atoms with Gasteiger partial charge in [-0.2, -0.15) is 0 Å². The molecule has 2 aromatic heterocycles. The molecule has 0 aliphatic heterocycles. The van der Waals surface area contributed by atoms with Gasteiger partial charge in [-0.05, 0) is 52.0 Å². The Labute approximate surface area is 155 Å². The Morgan fingerprint density at radius 2 is 2.00 bits per heavy atom. The number of urea groups is 1. The largest absolute Gasteiger partial charge is 0.336 e. The summed E-state index contributed by atoms with van der Waals surface area (Å²) in [7, 11) is 0. The van der Waals surface area contributed by atoms with Crippen LogP contribution in [0.2, 0.25) is 0 Å². The molecule has 0 radical (unpaired) electrons. The smallest absolute Gasteiger partial charge is 0.321 e. The van der Waals surface area contributed by atoms with E-state index < -0.39 is 6.03 Å². The van der Waals surface area contributed by atoms with Crippen molar-refractivity contribution in [1.29, 1.82) is 0 Å². The van der Waals surface area contributed by atoms with Gasteiger partial charge >= 0.3 is 6.03 Å². The fourth-order valence-corrected chi connectivity index (χ4v) is 5.20. The Hall–Kier alpha value is -1.67. The van der Waals surface area contributed by atoms with Gasteiger partial charge in [-0.3, -0.25) is 10.1 Å². The zero-order valence-corrected chi connectivity index (χ0v) is 16.3. The van der Waals surface area contributed by atoms with Crippen molar-refractivity contribution in [3.8, 4) is 0 Å². The lowest BCUT2D eigenvalue weighted by molar-refractivity contribution is -0.117. The van der Waals surface area contributed by atoms with Crippen LogP contribution in [0.25, 0.3) is 10.2 Å². The van der Waals surface area contributed by atoms with Crippen LogP contribution in [0.3, 0.4) is 0 Å². The molecule has 3 rings (SSSR count). The van der Waals surface area contributed by atoms with Crippen LogP contribution in [-0.4, -0.2) is 33.7 Å². The molecule has 0 aromatic carbocycles. The number of rotatable bonds is 4. The first-order chi connectivity index (χ1) is 11.9. The van der Waals surface area contributed by atoms with Crippen LogP contribution < -0.4 is 10.6 Å². The molecular formula is C17H22N4O2S2. The van der Waals surface area contributed by atoms with Crippen molar-refractivity contribution >= 4 is 45.3 Å². The molecule has 1 aliphatic carbocycles. The molecule has 0 atom stereocenters. The summed E-state index contributed by atoms with van der Waals surface area (Å²) in [5.74, 6) is 0.546. The zero-order chi connectivity index (χ0) is 18.0. The highest BCUT2D eigenvalue weighted by molar-refractivity contribution is 8.00. The average molecular weight is 379 g/mol. The van der Waals surface area contributed by atoms with E-state index in [9.17, 15) is 9.59 Å². The highest BCUT2D eigenvalue weighted by Gasteiger charge is 2.21. The number of nitrogens with one attached hydrogen (secondary N) is 2. The van der Waals surface area contributed by atoms with Gasteiger partial charge in [0.15, 0.2) is 0 Å². The Morgan fingerprint density at radius 3 is 2.76 bits per heavy atom. The number of hydrogen-bond donors (Lipinski definition) is 2. The van der Waals surface area contributed by atoms with E-state index in [0.717, 1.165) is 28.1 Å². The minimum atomic E-state index is -0.461. The van der Waals surface area contributed by atoms with Gasteiger partial charge in [0.25, 0.3) is 0 Å². The first-order valence-corrected chi connectivity index (χ1v) is 10.3. The van der Waals surface area contributed by atoms with E-state index in [1.165, 1.54) is 35.0 Å². The highest BCUT2D eigenvalue weighted by atomic mass is 32.2. The highest BCUT2D eigenvalue weighted by Crippen LogP contribution is 2.39. The maximum absolute atomic E-state index is 12.0. The van der Waals surface area contributed by atoms with Crippen molar-refractivity contribution in [1.82, 2.24) is 20.6 Å². The molecule has 1 aliphatic rings. The number of hydrogen-bond acceptors (Lipinski definition) is 6. The van der Waals surface area contributed by atoms with Crippen molar-refractivity contribution in [2.45, 2.75) is 57.5 Å². The van der Waals surface area contributed by atoms with Gasteiger partial charge in [-0.1, -0.05) is 11.8 Å². The van der Waals surface area contributed by atoms with Crippen LogP contribution in [-0.2, 0) is 17.6 Å². The first kappa shape index (κ1) is 18.1. The van der Waals surface area contributed by atoms with E-state index in [0.29, 0.717) is 5.82 Å². The molecule has 0 spiro atoms. The van der Waals surface area contributed by atoms with Gasteiger partial charge in [-0.25, -0.2) is 14.8 Å². The van der Waals surface area contributed by atoms with E-state index in [-0.39, 0.29) is 17.7 Å². The molecule has 8 heteroatoms. The van der Waals surface area contributed by atoms with E-state index in [1.807, 2.05) is 20.8 Å². The summed E-state index contributed by atoms with van der Waals surface area (Å²) >= 11 is 3.12. The van der Waals surface area contributed by atoms with Crippen molar-refractivity contribution in [3.63, 3.8) is 0 Å². The van der Waals surface area contributed by atoms with Crippen molar-refractivity contribution in [3.05, 3.63) is 16.3 Å². The standard InChI is InChI=1S/C17H22N4O2S2/c1-9(2)18-17(23)21-13(22)8-24-15-14-11-6-4-5-7-12(11)25-16(14)20-10(3)19-15/h9H,4-8H2,1-3H3,(H2,18,21,22,23). The number of thiophene rings is 1. The predicted molar refractivity (Wildman–Crippen MR) is 101 cm³/mol. The number of aryl methyl sites for hydroxylation is 3. The lowest BCUT2D eigenvalue weighted by Gasteiger charge is -2.12. The Bertz CT molecular complexity index is 817. The van der Waals surface area contributed by atoms with Crippen molar-refractivity contribution < 1.29 is 9.59 Å². The van der Waals surface area contributed by atoms with E-state index in [4.69, 9.17) is 0 Å². The minimum Gasteiger partial charge on any atom is -0.336 e. The summed E-state index contributed by atoms with van der Waals surface area (Å²) in [6.45, 7) is 5.57. The third-order valence-electron chi connectivity index (χ3n) is 3.91. The molecule has 0 unspecified atom stereocenters. The summed E-state index contributed by atoms with van der Waals surface area (Å²) in [5, 5.41) is 6.95. The molecule has 3 amide bonds. The van der Waals surface area contributed by atoms with Gasteiger partial charge in [0.2, 0.25) is 5.91 Å². The fraction of sp³-hybridized carbons (Fsp3) is 0.529. The number of carbonyl (C=O) groups is 2. The quantitative estimate of drug-likeness (QED) is 0.630. The molecule has 25 heavy (non-hydrogen) atoms. The second-order valence-corrected chi connectivity index (χ2v) is 8.48. The Kier molecular flexibility index (Phi) is 5.58. The Morgan fingerprint density at radius 1 is 1.24 bits per heavy atom. The van der Waals surface area contributed by atoms with Crippen molar-refractivity contribution in [2.75, 3.05) is 5.75 Å². The minimum absolute atomic E-state index is 0.0121. The summed E-state index contributed by atoms with van der Waals surface area (Å²) < 4.78 is 0. The average Bonchev–Trinajstić information content (AvgIpc) is 2.89. The van der Waals surface area contributed by atoms with Gasteiger partial charge < -0.3 is 5.32 Å². The lowest BCUT2D eigenvalue weighted by atomic mass is 9.97. The zero-order valence-electron chi connectivity index (χ0n) is 14.6. The molecule has 2 heterocycles. The summed E-state index contributed by atoms with van der Waals surface area (Å²) in [6.07, 6.45) is 4.57. The predicted octanol–water partition coefficient (Wildman–Crippen LogP) is 3.20. The monoisotopic (exact) mass is 378 g/mol. The van der Waals surface area contributed by atoms with Gasteiger partial charge in [-0.15, -0.1) is 11.3 Å². The summed E-state index contributed by atoms with van der Waals surface area (Å²) in [5.41, 5.74) is 1.35. The molecule has 0 bridgehead atoms. The fourth-order valence-electron chi connectivity index (χ4n) is 2.92. The number of carbonyl (C=O) groups excluding carboxylic acids is 2. The number of amides is 3. The summed E-state index contributed by atoms with van der Waals surface area (Å²) in [4.78, 5) is 35.2. The van der Waals surface area contributed by atoms with Crippen molar-refractivity contribution in [2.24, 2.45) is 0 Å². The Balaban J connectivity index is 1.76. The van der Waals surface area contributed by atoms with Gasteiger partial charge in [0.05, 0.1) is 5.75 Å². The number of fused-ring (bicyclic) bond motifs is 3. The third-order valence-corrected chi connectivity index (χ3v) is 6.07. The molecule has 0 fully saturated rings. The SMILES string of the molecule is Cc1nc(SCC(=O)NC(=O)NC(C)C)c2c3c(sc2n1)CCCC3. The van der Waals surface area contributed by atoms with Crippen LogP contribution >= 0.6 is 23.1 Å². The molecule has 2 aromatic rings. The van der Waals surface area contributed by atoms with Crippen LogP contribution in [0.4, 0.5) is 4.79 Å². The number of aromatic nitrogens is 2. The number of nitrogens with zero attached hydrogens (tertiary/aromatic N) is 2. The first-order valence-electron chi connectivity index (χ1n) is 8.46. The normalized spacial score (nSPS) is 13.8. The van der Waals surface area contributed by atoms with Crippen LogP contribution in [0.5, 0.6) is 0 Å². The molecule has 2 N–H and O–H groups in total. The van der Waals surface area contributed by atoms with Crippen LogP contribution in [0, 0.1) is 6.92 Å². The van der Waals surface area contributed by atoms with E-state index in [1.54, 1.807) is 11.3 Å². The summed E-state index contributed by atoms with van der Waals surface area (Å²) in [6, 6.07) is -0.473. The second-order valence-electron chi connectivity index (χ2n) is 6.43. The lowest BCUT2D eigenvalue weighted by Crippen LogP contribution is -2.43. The second kappa shape index (κ2) is 7.70. The molecule has 0 saturated heterocycles. The molecular weight excluding hydrogens is 356 g/mol. The third kappa shape index (κ3) is 4.30. The number of imide groups is 1. The molecule has 134 valence electrons. The van der Waals surface area contributed by atoms with Gasteiger partial charge in [0, 0.05) is 16.3 Å². The van der Waals surface area contributed by atoms with E-state index >= 15 is 0 Å². The van der Waals surface area contributed by atoms with Gasteiger partial charge in [0.1, 0.15) is 15.7 Å². The maximum atomic E-state index is 12.0. The molecule has 6 nitrogen and oxygen atoms in total. The van der Waals surface area contributed by atoms with E-state index in [2.05, 4.69) is 20.6 Å². The topological polar surface area (TPSA) is 84.0 Å². The maximum Gasteiger partial charge on any atom is 0.321 e. The molecule has 0 saturated carbocycles.